The first kappa shape index (κ1) is 14.0. The van der Waals surface area contributed by atoms with Gasteiger partial charge >= 0.3 is 5.97 Å². The summed E-state index contributed by atoms with van der Waals surface area (Å²) in [6.07, 6.45) is 0. The summed E-state index contributed by atoms with van der Waals surface area (Å²) in [5.41, 5.74) is -0.00335. The van der Waals surface area contributed by atoms with Crippen molar-refractivity contribution in [3.63, 3.8) is 0 Å². The predicted octanol–water partition coefficient (Wildman–Crippen LogP) is 3.24. The Balaban J connectivity index is 2.04. The fraction of sp³-hybridized carbons (Fsp3) is 0.0667. The fourth-order valence-electron chi connectivity index (χ4n) is 2.06. The van der Waals surface area contributed by atoms with Gasteiger partial charge in [-0.15, -0.1) is 0 Å². The molecule has 0 spiro atoms. The van der Waals surface area contributed by atoms with E-state index in [-0.39, 0.29) is 22.6 Å². The van der Waals surface area contributed by atoms with E-state index in [0.717, 1.165) is 12.1 Å². The Morgan fingerprint density at radius 1 is 1.23 bits per heavy atom. The molecule has 3 rings (SSSR count). The number of aliphatic carboxylic acids is 1. The molecule has 0 fully saturated rings. The van der Waals surface area contributed by atoms with Crippen molar-refractivity contribution in [3.05, 3.63) is 48.0 Å². The van der Waals surface area contributed by atoms with Gasteiger partial charge in [-0.3, -0.25) is 0 Å². The van der Waals surface area contributed by atoms with Crippen molar-refractivity contribution in [2.45, 2.75) is 0 Å². The third-order valence-corrected chi connectivity index (χ3v) is 3.01. The highest BCUT2D eigenvalue weighted by Gasteiger charge is 2.18. The number of aromatic nitrogens is 1. The molecule has 0 saturated heterocycles. The second-order valence-corrected chi connectivity index (χ2v) is 4.47. The molecule has 5 nitrogen and oxygen atoms in total. The number of ether oxygens (including phenoxy) is 1. The van der Waals surface area contributed by atoms with Gasteiger partial charge in [0.25, 0.3) is 0 Å². The van der Waals surface area contributed by atoms with Crippen LogP contribution in [0.1, 0.15) is 0 Å². The van der Waals surface area contributed by atoms with Crippen molar-refractivity contribution in [2.24, 2.45) is 0 Å². The van der Waals surface area contributed by atoms with E-state index in [4.69, 9.17) is 14.4 Å². The molecule has 0 aliphatic heterocycles. The molecular formula is C15H9F2NO4. The molecule has 1 aromatic heterocycles. The van der Waals surface area contributed by atoms with E-state index in [0.29, 0.717) is 5.39 Å². The molecule has 1 N–H and O–H groups in total. The summed E-state index contributed by atoms with van der Waals surface area (Å²) in [6, 6.07) is 7.91. The summed E-state index contributed by atoms with van der Waals surface area (Å²) in [6.45, 7) is -0.506. The smallest absolute Gasteiger partial charge is 0.341 e. The molecule has 22 heavy (non-hydrogen) atoms. The molecule has 0 amide bonds. The fourth-order valence-corrected chi connectivity index (χ4v) is 2.06. The van der Waals surface area contributed by atoms with Crippen LogP contribution in [0.2, 0.25) is 0 Å². The molecule has 0 aliphatic carbocycles. The predicted molar refractivity (Wildman–Crippen MR) is 72.5 cm³/mol. The molecule has 3 aromatic rings. The van der Waals surface area contributed by atoms with E-state index in [1.807, 2.05) is 0 Å². The lowest BCUT2D eigenvalue weighted by Crippen LogP contribution is -2.09. The van der Waals surface area contributed by atoms with E-state index >= 15 is 0 Å². The van der Waals surface area contributed by atoms with Crippen LogP contribution in [-0.2, 0) is 4.79 Å². The summed E-state index contributed by atoms with van der Waals surface area (Å²) in [5.74, 6) is -2.36. The second-order valence-electron chi connectivity index (χ2n) is 4.47. The summed E-state index contributed by atoms with van der Waals surface area (Å²) in [4.78, 5) is 10.5. The van der Waals surface area contributed by atoms with Crippen molar-refractivity contribution in [1.82, 2.24) is 5.16 Å². The Morgan fingerprint density at radius 3 is 2.64 bits per heavy atom. The Bertz CT molecular complexity index is 840. The molecule has 1 heterocycles. The van der Waals surface area contributed by atoms with Crippen LogP contribution in [-0.4, -0.2) is 22.8 Å². The van der Waals surface area contributed by atoms with Gasteiger partial charge in [-0.1, -0.05) is 11.2 Å². The molecule has 0 unspecified atom stereocenters. The van der Waals surface area contributed by atoms with Crippen LogP contribution in [0.25, 0.3) is 22.2 Å². The summed E-state index contributed by atoms with van der Waals surface area (Å²) in [5, 5.41) is 12.6. The van der Waals surface area contributed by atoms with Gasteiger partial charge in [-0.25, -0.2) is 13.6 Å². The number of carboxylic acids is 1. The molecule has 112 valence electrons. The van der Waals surface area contributed by atoms with E-state index in [2.05, 4.69) is 5.16 Å². The normalized spacial score (nSPS) is 10.8. The van der Waals surface area contributed by atoms with E-state index in [9.17, 15) is 13.6 Å². The number of carboxylic acid groups (broad SMARTS) is 1. The van der Waals surface area contributed by atoms with Crippen LogP contribution in [0.3, 0.4) is 0 Å². The average Bonchev–Trinajstić information content (AvgIpc) is 2.88. The minimum Gasteiger partial charge on any atom is -0.482 e. The summed E-state index contributed by atoms with van der Waals surface area (Å²) >= 11 is 0. The highest BCUT2D eigenvalue weighted by molar-refractivity contribution is 5.92. The molecule has 2 aromatic carbocycles. The van der Waals surface area contributed by atoms with Gasteiger partial charge in [0.05, 0.1) is 10.9 Å². The maximum absolute atomic E-state index is 13.8. The van der Waals surface area contributed by atoms with Gasteiger partial charge in [-0.2, -0.15) is 0 Å². The molecule has 0 bridgehead atoms. The van der Waals surface area contributed by atoms with Gasteiger partial charge < -0.3 is 14.4 Å². The van der Waals surface area contributed by atoms with E-state index < -0.39 is 24.2 Å². The van der Waals surface area contributed by atoms with Crippen molar-refractivity contribution < 1.29 is 27.9 Å². The number of fused-ring (bicyclic) bond motifs is 1. The summed E-state index contributed by atoms with van der Waals surface area (Å²) in [7, 11) is 0. The lowest BCUT2D eigenvalue weighted by atomic mass is 10.1. The van der Waals surface area contributed by atoms with Crippen molar-refractivity contribution in [2.75, 3.05) is 6.61 Å². The molecule has 0 atom stereocenters. The van der Waals surface area contributed by atoms with Gasteiger partial charge in [0.15, 0.2) is 12.2 Å². The third-order valence-electron chi connectivity index (χ3n) is 3.01. The quantitative estimate of drug-likeness (QED) is 0.801. The lowest BCUT2D eigenvalue weighted by Gasteiger charge is -2.03. The lowest BCUT2D eigenvalue weighted by molar-refractivity contribution is -0.139. The van der Waals surface area contributed by atoms with Crippen LogP contribution in [0, 0.1) is 11.6 Å². The first-order valence-corrected chi connectivity index (χ1v) is 6.24. The van der Waals surface area contributed by atoms with E-state index in [1.165, 1.54) is 24.3 Å². The zero-order valence-electron chi connectivity index (χ0n) is 11.0. The number of hydrogen-bond acceptors (Lipinski definition) is 4. The highest BCUT2D eigenvalue weighted by atomic mass is 19.1. The maximum Gasteiger partial charge on any atom is 0.341 e. The highest BCUT2D eigenvalue weighted by Crippen LogP contribution is 2.33. The SMILES string of the molecule is O=C(O)COc1ccc2c(-c3c(F)cccc3F)noc2c1. The summed E-state index contributed by atoms with van der Waals surface area (Å²) < 4.78 is 37.7. The number of carbonyl (C=O) groups is 1. The first-order chi connectivity index (χ1) is 10.6. The van der Waals surface area contributed by atoms with Crippen LogP contribution >= 0.6 is 0 Å². The van der Waals surface area contributed by atoms with Crippen molar-refractivity contribution >= 4 is 16.9 Å². The minimum atomic E-state index is -1.12. The largest absolute Gasteiger partial charge is 0.482 e. The van der Waals surface area contributed by atoms with Crippen LogP contribution in [0.15, 0.2) is 40.9 Å². The molecular weight excluding hydrogens is 296 g/mol. The Kier molecular flexibility index (Phi) is 3.46. The van der Waals surface area contributed by atoms with Gasteiger partial charge in [-0.05, 0) is 24.3 Å². The maximum atomic E-state index is 13.8. The van der Waals surface area contributed by atoms with Gasteiger partial charge in [0.1, 0.15) is 23.1 Å². The number of halogens is 2. The topological polar surface area (TPSA) is 72.6 Å². The van der Waals surface area contributed by atoms with Crippen LogP contribution < -0.4 is 4.74 Å². The number of rotatable bonds is 4. The first-order valence-electron chi connectivity index (χ1n) is 6.24. The Morgan fingerprint density at radius 2 is 1.95 bits per heavy atom. The van der Waals surface area contributed by atoms with Crippen molar-refractivity contribution in [1.29, 1.82) is 0 Å². The number of hydrogen-bond donors (Lipinski definition) is 1. The minimum absolute atomic E-state index is 0.0374. The number of benzene rings is 2. The second kappa shape index (κ2) is 5.44. The molecule has 0 saturated carbocycles. The zero-order valence-corrected chi connectivity index (χ0v) is 11.0. The van der Waals surface area contributed by atoms with Crippen LogP contribution in [0.4, 0.5) is 8.78 Å². The van der Waals surface area contributed by atoms with Crippen molar-refractivity contribution in [3.8, 4) is 17.0 Å². The third kappa shape index (κ3) is 2.48. The Labute approximate surface area is 122 Å². The monoisotopic (exact) mass is 305 g/mol. The van der Waals surface area contributed by atoms with E-state index in [1.54, 1.807) is 0 Å². The molecule has 7 heteroatoms. The zero-order chi connectivity index (χ0) is 15.7. The van der Waals surface area contributed by atoms with Crippen LogP contribution in [0.5, 0.6) is 5.75 Å². The Hall–Kier alpha value is -2.96. The molecule has 0 aliphatic rings. The number of nitrogens with zero attached hydrogens (tertiary/aromatic N) is 1. The average molecular weight is 305 g/mol. The standard InChI is InChI=1S/C15H9F2NO4/c16-10-2-1-3-11(17)14(10)15-9-5-4-8(21-7-13(19)20)6-12(9)22-18-15/h1-6H,7H2,(H,19,20). The molecule has 0 radical (unpaired) electrons. The van der Waals surface area contributed by atoms with Gasteiger partial charge in [0.2, 0.25) is 0 Å². The van der Waals surface area contributed by atoms with Gasteiger partial charge in [0, 0.05) is 6.07 Å².